The quantitative estimate of drug-likeness (QED) is 0.0299. The Labute approximate surface area is 399 Å². The second kappa shape index (κ2) is 23.7. The van der Waals surface area contributed by atoms with Gasteiger partial charge in [-0.2, -0.15) is 0 Å². The summed E-state index contributed by atoms with van der Waals surface area (Å²) in [5, 5.41) is 50.0. The maximum Gasteiger partial charge on any atom is 0.331 e. The number of nitrogens with zero attached hydrogens (tertiary/aromatic N) is 2. The molecule has 0 saturated carbocycles. The molecule has 3 unspecified atom stereocenters. The largest absolute Gasteiger partial charge is 0.493 e. The first-order valence-electron chi connectivity index (χ1n) is 23.3. The van der Waals surface area contributed by atoms with Crippen LogP contribution in [0.4, 0.5) is 0 Å². The van der Waals surface area contributed by atoms with Gasteiger partial charge in [0.2, 0.25) is 0 Å². The smallest absolute Gasteiger partial charge is 0.331 e. The van der Waals surface area contributed by atoms with Gasteiger partial charge in [0.1, 0.15) is 12.6 Å². The maximum absolute atomic E-state index is 12.7. The summed E-state index contributed by atoms with van der Waals surface area (Å²) in [5.41, 5.74) is 10.8. The second-order valence-electron chi connectivity index (χ2n) is 18.4. The third-order valence-corrected chi connectivity index (χ3v) is 14.0. The molecular formula is C53H70N2O13+2. The minimum Gasteiger partial charge on any atom is -0.493 e. The lowest BCUT2D eigenvalue weighted by atomic mass is 9.83. The molecule has 0 fully saturated rings. The van der Waals surface area contributed by atoms with Gasteiger partial charge in [0.25, 0.3) is 0 Å². The van der Waals surface area contributed by atoms with Crippen LogP contribution in [0.2, 0.25) is 0 Å². The van der Waals surface area contributed by atoms with Crippen LogP contribution in [0.15, 0.2) is 60.7 Å². The molecule has 0 bridgehead atoms. The predicted molar refractivity (Wildman–Crippen MR) is 254 cm³/mol. The van der Waals surface area contributed by atoms with Crippen molar-refractivity contribution in [3.05, 3.63) is 127 Å². The van der Waals surface area contributed by atoms with Crippen LogP contribution in [0.1, 0.15) is 85.6 Å². The molecule has 0 aromatic heterocycles. The van der Waals surface area contributed by atoms with Crippen molar-refractivity contribution in [3.8, 4) is 23.0 Å². The number of fused-ring (bicyclic) bond motifs is 2. The summed E-state index contributed by atoms with van der Waals surface area (Å²) in [6.45, 7) is 3.22. The predicted octanol–water partition coefficient (Wildman–Crippen LogP) is 4.69. The zero-order valence-electron chi connectivity index (χ0n) is 40.5. The van der Waals surface area contributed by atoms with E-state index in [1.54, 1.807) is 28.4 Å². The first kappa shape index (κ1) is 51.9. The average Bonchev–Trinajstić information content (AvgIpc) is 3.35. The van der Waals surface area contributed by atoms with Crippen LogP contribution < -0.4 is 18.9 Å². The number of esters is 2. The summed E-state index contributed by atoms with van der Waals surface area (Å²) in [4.78, 5) is 25.5. The molecule has 6 rings (SSSR count). The molecular weight excluding hydrogens is 873 g/mol. The first-order chi connectivity index (χ1) is 32.8. The highest BCUT2D eigenvalue weighted by Crippen LogP contribution is 2.43. The fourth-order valence-electron chi connectivity index (χ4n) is 10.2. The molecule has 2 aliphatic rings. The van der Waals surface area contributed by atoms with Gasteiger partial charge in [0.15, 0.2) is 23.0 Å². The van der Waals surface area contributed by atoms with E-state index in [1.807, 2.05) is 42.5 Å². The lowest BCUT2D eigenvalue weighted by Gasteiger charge is -2.46. The van der Waals surface area contributed by atoms with Crippen LogP contribution >= 0.6 is 0 Å². The van der Waals surface area contributed by atoms with Gasteiger partial charge in [0.05, 0.1) is 115 Å². The minimum atomic E-state index is -0.636. The lowest BCUT2D eigenvalue weighted by Crippen LogP contribution is -2.52. The third-order valence-electron chi connectivity index (χ3n) is 14.0. The Balaban J connectivity index is 1.02. The standard InChI is InChI=1S/C53H70N2O13/c1-54(17-13-38-28-49(64-4)53(66-6)45(46(38)29-54)23-36-22-43(34-60)52(65-5)48(25-36)63-3)15-7-19-67-50(61)11-12-51(62)68-20-8-16-55(2)18-14-37-26-41(32-58)42(33-59)27-44(37)47(55)24-35-9-10-39(30-56)40(21-35)31-57/h9-12,21-22,25-28,47,56-60H,7-8,13-20,23-24,29-34H2,1-6H3/q+2. The van der Waals surface area contributed by atoms with E-state index in [0.29, 0.717) is 92.0 Å². The van der Waals surface area contributed by atoms with E-state index in [4.69, 9.17) is 28.4 Å². The van der Waals surface area contributed by atoms with E-state index in [2.05, 4.69) is 20.2 Å². The normalized spacial score (nSPS) is 18.7. The lowest BCUT2D eigenvalue weighted by molar-refractivity contribution is -0.941. The van der Waals surface area contributed by atoms with Gasteiger partial charge in [-0.25, -0.2) is 9.59 Å². The Kier molecular flexibility index (Phi) is 18.0. The summed E-state index contributed by atoms with van der Waals surface area (Å²) in [7, 11) is 10.8. The van der Waals surface area contributed by atoms with Crippen molar-refractivity contribution in [2.75, 3.05) is 81.9 Å². The Morgan fingerprint density at radius 3 is 1.81 bits per heavy atom. The molecule has 15 heteroatoms. The van der Waals surface area contributed by atoms with E-state index in [9.17, 15) is 35.1 Å². The summed E-state index contributed by atoms with van der Waals surface area (Å²) in [6.07, 6.45) is 6.09. The van der Waals surface area contributed by atoms with Crippen LogP contribution in [0.3, 0.4) is 0 Å². The van der Waals surface area contributed by atoms with Crippen molar-refractivity contribution in [1.82, 2.24) is 0 Å². The van der Waals surface area contributed by atoms with Crippen LogP contribution in [-0.2, 0) is 84.3 Å². The summed E-state index contributed by atoms with van der Waals surface area (Å²) in [6, 6.07) is 15.6. The Hall–Kier alpha value is -5.52. The highest BCUT2D eigenvalue weighted by atomic mass is 16.5. The van der Waals surface area contributed by atoms with Crippen molar-refractivity contribution in [3.63, 3.8) is 0 Å². The van der Waals surface area contributed by atoms with Gasteiger partial charge >= 0.3 is 11.9 Å². The highest BCUT2D eigenvalue weighted by molar-refractivity contribution is 5.91. The second-order valence-corrected chi connectivity index (χ2v) is 18.4. The number of methoxy groups -OCH3 is 4. The molecule has 0 amide bonds. The molecule has 5 N–H and O–H groups in total. The SMILES string of the molecule is COc1cc(Cc2c3c(cc(OC)c2OC)CC[N+](C)(CCCOC(=O)C=CC(=O)OCCC[N+]2(C)CCc4cc(CO)c(CO)cc4C2Cc2ccc(CO)c(CO)c2)C3)cc(CO)c1OC. The fourth-order valence-corrected chi connectivity index (χ4v) is 10.2. The van der Waals surface area contributed by atoms with E-state index < -0.39 is 11.9 Å². The van der Waals surface area contributed by atoms with Gasteiger partial charge < -0.3 is 62.9 Å². The number of likely N-dealkylation sites (N-methyl/N-ethyl adjacent to an activating group) is 2. The van der Waals surface area contributed by atoms with Crippen LogP contribution in [0.25, 0.3) is 0 Å². The molecule has 68 heavy (non-hydrogen) atoms. The van der Waals surface area contributed by atoms with Gasteiger partial charge in [0, 0.05) is 72.9 Å². The maximum atomic E-state index is 12.7. The molecule has 4 aromatic rings. The monoisotopic (exact) mass is 942 g/mol. The molecule has 0 spiro atoms. The zero-order valence-corrected chi connectivity index (χ0v) is 40.5. The molecule has 0 aliphatic carbocycles. The first-order valence-corrected chi connectivity index (χ1v) is 23.3. The fraction of sp³-hybridized carbons (Fsp3) is 0.472. The molecule has 368 valence electrons. The molecule has 3 atom stereocenters. The number of quaternary nitrogens is 2. The Morgan fingerprint density at radius 2 is 1.19 bits per heavy atom. The summed E-state index contributed by atoms with van der Waals surface area (Å²) >= 11 is 0. The van der Waals surface area contributed by atoms with E-state index in [1.165, 1.54) is 11.1 Å². The highest BCUT2D eigenvalue weighted by Gasteiger charge is 2.40. The van der Waals surface area contributed by atoms with Crippen LogP contribution in [-0.4, -0.2) is 128 Å². The van der Waals surface area contributed by atoms with E-state index in [-0.39, 0.29) is 52.3 Å². The Bertz CT molecular complexity index is 2410. The topological polar surface area (TPSA) is 191 Å². The summed E-state index contributed by atoms with van der Waals surface area (Å²) < 4.78 is 35.3. The number of aliphatic hydroxyl groups excluding tert-OH is 5. The minimum absolute atomic E-state index is 0.0362. The number of carbonyl (C=O) groups excluding carboxylic acids is 2. The van der Waals surface area contributed by atoms with Gasteiger partial charge in [-0.3, -0.25) is 0 Å². The number of hydrogen-bond acceptors (Lipinski definition) is 13. The van der Waals surface area contributed by atoms with Gasteiger partial charge in [-0.05, 0) is 68.8 Å². The zero-order chi connectivity index (χ0) is 49.0. The molecule has 2 heterocycles. The molecule has 2 aliphatic heterocycles. The van der Waals surface area contributed by atoms with E-state index >= 15 is 0 Å². The number of ether oxygens (including phenoxy) is 6. The molecule has 4 aromatic carbocycles. The average molecular weight is 943 g/mol. The van der Waals surface area contributed by atoms with Crippen molar-refractivity contribution < 1.29 is 72.5 Å². The molecule has 0 saturated heterocycles. The Morgan fingerprint density at radius 1 is 0.618 bits per heavy atom. The van der Waals surface area contributed by atoms with Crippen LogP contribution in [0.5, 0.6) is 23.0 Å². The number of hydrogen-bond donors (Lipinski definition) is 5. The van der Waals surface area contributed by atoms with Gasteiger partial charge in [-0.1, -0.05) is 24.3 Å². The number of benzene rings is 4. The third kappa shape index (κ3) is 12.0. The van der Waals surface area contributed by atoms with Crippen LogP contribution in [0, 0.1) is 0 Å². The van der Waals surface area contributed by atoms with Crippen molar-refractivity contribution in [1.29, 1.82) is 0 Å². The molecule has 0 radical (unpaired) electrons. The van der Waals surface area contributed by atoms with Crippen molar-refractivity contribution >= 4 is 11.9 Å². The van der Waals surface area contributed by atoms with E-state index in [0.717, 1.165) is 79.0 Å². The molecule has 15 nitrogen and oxygen atoms in total. The van der Waals surface area contributed by atoms with Crippen molar-refractivity contribution in [2.24, 2.45) is 0 Å². The number of carbonyl (C=O) groups is 2. The summed E-state index contributed by atoms with van der Waals surface area (Å²) in [5.74, 6) is 1.08. The number of aliphatic hydroxyl groups is 5. The van der Waals surface area contributed by atoms with Gasteiger partial charge in [-0.15, -0.1) is 0 Å². The number of rotatable bonds is 23. The van der Waals surface area contributed by atoms with Crippen molar-refractivity contribution in [2.45, 2.75) is 84.1 Å².